The van der Waals surface area contributed by atoms with E-state index in [0.717, 1.165) is 19.6 Å². The Kier molecular flexibility index (Phi) is 4.85. The predicted molar refractivity (Wildman–Crippen MR) is 59.4 cm³/mol. The highest BCUT2D eigenvalue weighted by molar-refractivity contribution is 4.83. The third kappa shape index (κ3) is 2.94. The summed E-state index contributed by atoms with van der Waals surface area (Å²) in [6.45, 7) is 9.42. The summed E-state index contributed by atoms with van der Waals surface area (Å²) in [6.07, 6.45) is 2.28. The van der Waals surface area contributed by atoms with Crippen LogP contribution < -0.4 is 5.32 Å². The van der Waals surface area contributed by atoms with Crippen LogP contribution in [0.1, 0.15) is 33.6 Å². The first-order valence-electron chi connectivity index (χ1n) is 5.81. The Bertz CT molecular complexity index is 155. The van der Waals surface area contributed by atoms with Crippen LogP contribution in [0.5, 0.6) is 0 Å². The Labute approximate surface area is 87.5 Å². The van der Waals surface area contributed by atoms with Crippen LogP contribution in [0.4, 0.5) is 0 Å². The predicted octanol–water partition coefficient (Wildman–Crippen LogP) is 0.830. The molecule has 0 bridgehead atoms. The van der Waals surface area contributed by atoms with Crippen LogP contribution in [0, 0.1) is 0 Å². The van der Waals surface area contributed by atoms with E-state index in [1.54, 1.807) is 0 Å². The molecule has 3 heteroatoms. The minimum Gasteiger partial charge on any atom is -0.392 e. The van der Waals surface area contributed by atoms with Gasteiger partial charge in [-0.3, -0.25) is 4.90 Å². The van der Waals surface area contributed by atoms with Crippen molar-refractivity contribution in [1.29, 1.82) is 0 Å². The van der Waals surface area contributed by atoms with Gasteiger partial charge in [0.2, 0.25) is 0 Å². The average molecular weight is 200 g/mol. The fourth-order valence-electron chi connectivity index (χ4n) is 2.27. The van der Waals surface area contributed by atoms with Crippen molar-refractivity contribution in [3.8, 4) is 0 Å². The molecular weight excluding hydrogens is 176 g/mol. The van der Waals surface area contributed by atoms with E-state index in [1.807, 2.05) is 6.92 Å². The minimum atomic E-state index is -0.239. The van der Waals surface area contributed by atoms with Gasteiger partial charge < -0.3 is 10.4 Å². The van der Waals surface area contributed by atoms with Crippen molar-refractivity contribution in [2.75, 3.05) is 19.6 Å². The number of hydrogen-bond acceptors (Lipinski definition) is 3. The van der Waals surface area contributed by atoms with Gasteiger partial charge in [0, 0.05) is 18.6 Å². The quantitative estimate of drug-likeness (QED) is 0.705. The molecule has 0 spiro atoms. The lowest BCUT2D eigenvalue weighted by atomic mass is 10.0. The third-order valence-electron chi connectivity index (χ3n) is 3.33. The van der Waals surface area contributed by atoms with Gasteiger partial charge in [0.05, 0.1) is 6.10 Å². The summed E-state index contributed by atoms with van der Waals surface area (Å²) in [5, 5.41) is 13.0. The highest BCUT2D eigenvalue weighted by atomic mass is 16.3. The maximum atomic E-state index is 9.59. The minimum absolute atomic E-state index is 0.239. The zero-order valence-electron chi connectivity index (χ0n) is 9.66. The third-order valence-corrected chi connectivity index (χ3v) is 3.33. The monoisotopic (exact) mass is 200 g/mol. The summed E-state index contributed by atoms with van der Waals surface area (Å²) >= 11 is 0. The van der Waals surface area contributed by atoms with Gasteiger partial charge in [-0.05, 0) is 39.8 Å². The molecule has 2 N–H and O–H groups in total. The van der Waals surface area contributed by atoms with Crippen molar-refractivity contribution < 1.29 is 5.11 Å². The van der Waals surface area contributed by atoms with Crippen molar-refractivity contribution in [3.63, 3.8) is 0 Å². The Morgan fingerprint density at radius 1 is 1.50 bits per heavy atom. The number of rotatable bonds is 4. The van der Waals surface area contributed by atoms with Crippen molar-refractivity contribution >= 4 is 0 Å². The van der Waals surface area contributed by atoms with E-state index in [0.29, 0.717) is 6.04 Å². The van der Waals surface area contributed by atoms with Gasteiger partial charge in [-0.2, -0.15) is 0 Å². The van der Waals surface area contributed by atoms with Crippen LogP contribution in [-0.2, 0) is 0 Å². The number of nitrogens with one attached hydrogen (secondary N) is 1. The summed E-state index contributed by atoms with van der Waals surface area (Å²) in [4.78, 5) is 2.41. The lowest BCUT2D eigenvalue weighted by molar-refractivity contribution is 0.0388. The molecule has 1 aliphatic heterocycles. The molecule has 1 saturated heterocycles. The standard InChI is InChI=1S/C11H24N2O/c1-4-13(9(2)10(3)14)11-6-5-7-12-8-11/h9-12,14H,4-8H2,1-3H3. The van der Waals surface area contributed by atoms with E-state index in [2.05, 4.69) is 24.1 Å². The molecule has 0 saturated carbocycles. The Morgan fingerprint density at radius 2 is 2.21 bits per heavy atom. The second-order valence-electron chi connectivity index (χ2n) is 4.31. The van der Waals surface area contributed by atoms with Gasteiger partial charge in [-0.15, -0.1) is 0 Å². The van der Waals surface area contributed by atoms with E-state index in [4.69, 9.17) is 0 Å². The second kappa shape index (κ2) is 5.69. The molecule has 0 aromatic heterocycles. The van der Waals surface area contributed by atoms with Crippen LogP contribution in [0.3, 0.4) is 0 Å². The number of aliphatic hydroxyl groups is 1. The SMILES string of the molecule is CCN(C1CCCNC1)C(C)C(C)O. The maximum Gasteiger partial charge on any atom is 0.0664 e. The van der Waals surface area contributed by atoms with E-state index in [-0.39, 0.29) is 12.1 Å². The smallest absolute Gasteiger partial charge is 0.0664 e. The summed E-state index contributed by atoms with van der Waals surface area (Å²) in [5.41, 5.74) is 0. The lowest BCUT2D eigenvalue weighted by Crippen LogP contribution is -2.52. The van der Waals surface area contributed by atoms with Crippen LogP contribution >= 0.6 is 0 Å². The molecule has 1 aliphatic rings. The maximum absolute atomic E-state index is 9.59. The molecule has 84 valence electrons. The highest BCUT2D eigenvalue weighted by Crippen LogP contribution is 2.15. The van der Waals surface area contributed by atoms with Crippen LogP contribution in [0.15, 0.2) is 0 Å². The molecule has 1 rings (SSSR count). The lowest BCUT2D eigenvalue weighted by Gasteiger charge is -2.39. The van der Waals surface area contributed by atoms with E-state index >= 15 is 0 Å². The molecule has 14 heavy (non-hydrogen) atoms. The second-order valence-corrected chi connectivity index (χ2v) is 4.31. The molecule has 0 aromatic rings. The number of aliphatic hydroxyl groups excluding tert-OH is 1. The molecule has 1 fully saturated rings. The van der Waals surface area contributed by atoms with Crippen molar-refractivity contribution in [3.05, 3.63) is 0 Å². The molecule has 3 unspecified atom stereocenters. The first-order valence-corrected chi connectivity index (χ1v) is 5.81. The largest absolute Gasteiger partial charge is 0.392 e. The van der Waals surface area contributed by atoms with Crippen molar-refractivity contribution in [2.24, 2.45) is 0 Å². The Balaban J connectivity index is 2.50. The molecule has 0 aliphatic carbocycles. The first-order chi connectivity index (χ1) is 6.66. The van der Waals surface area contributed by atoms with Gasteiger partial charge >= 0.3 is 0 Å². The Hall–Kier alpha value is -0.120. The molecular formula is C11H24N2O. The fourth-order valence-corrected chi connectivity index (χ4v) is 2.27. The normalized spacial score (nSPS) is 27.6. The summed E-state index contributed by atoms with van der Waals surface area (Å²) in [7, 11) is 0. The summed E-state index contributed by atoms with van der Waals surface area (Å²) < 4.78 is 0. The summed E-state index contributed by atoms with van der Waals surface area (Å²) in [5.74, 6) is 0. The first kappa shape index (κ1) is 12.0. The van der Waals surface area contributed by atoms with Gasteiger partial charge in [0.25, 0.3) is 0 Å². The van der Waals surface area contributed by atoms with E-state index < -0.39 is 0 Å². The number of hydrogen-bond donors (Lipinski definition) is 2. The molecule has 1 heterocycles. The van der Waals surface area contributed by atoms with Crippen LogP contribution in [0.25, 0.3) is 0 Å². The van der Waals surface area contributed by atoms with Crippen LogP contribution in [0.2, 0.25) is 0 Å². The van der Waals surface area contributed by atoms with E-state index in [9.17, 15) is 5.11 Å². The molecule has 3 nitrogen and oxygen atoms in total. The van der Waals surface area contributed by atoms with Gasteiger partial charge in [0.15, 0.2) is 0 Å². The van der Waals surface area contributed by atoms with Gasteiger partial charge in [0.1, 0.15) is 0 Å². The molecule has 0 radical (unpaired) electrons. The number of nitrogens with zero attached hydrogens (tertiary/aromatic N) is 1. The molecule has 0 amide bonds. The van der Waals surface area contributed by atoms with Crippen LogP contribution in [-0.4, -0.2) is 47.8 Å². The fraction of sp³-hybridized carbons (Fsp3) is 1.00. The topological polar surface area (TPSA) is 35.5 Å². The highest BCUT2D eigenvalue weighted by Gasteiger charge is 2.25. The molecule has 3 atom stereocenters. The number of likely N-dealkylation sites (N-methyl/N-ethyl adjacent to an activating group) is 1. The van der Waals surface area contributed by atoms with Gasteiger partial charge in [-0.25, -0.2) is 0 Å². The molecule has 0 aromatic carbocycles. The van der Waals surface area contributed by atoms with Crippen molar-refractivity contribution in [2.45, 2.75) is 51.8 Å². The average Bonchev–Trinajstić information content (AvgIpc) is 2.20. The summed E-state index contributed by atoms with van der Waals surface area (Å²) in [6, 6.07) is 0.878. The Morgan fingerprint density at radius 3 is 2.64 bits per heavy atom. The number of piperidine rings is 1. The van der Waals surface area contributed by atoms with E-state index in [1.165, 1.54) is 12.8 Å². The zero-order valence-corrected chi connectivity index (χ0v) is 9.66. The zero-order chi connectivity index (χ0) is 10.6. The van der Waals surface area contributed by atoms with Gasteiger partial charge in [-0.1, -0.05) is 6.92 Å². The van der Waals surface area contributed by atoms with Crippen molar-refractivity contribution in [1.82, 2.24) is 10.2 Å².